The largest absolute Gasteiger partial charge is 0.508 e. The molecular formula is C129H188O12. The lowest BCUT2D eigenvalue weighted by Gasteiger charge is -2.36. The molecule has 12 nitrogen and oxygen atoms in total. The average molecular weight is 1930 g/mol. The zero-order chi connectivity index (χ0) is 104. The van der Waals surface area contributed by atoms with Crippen LogP contribution in [0.4, 0.5) is 0 Å². The molecule has 7 aromatic rings. The third kappa shape index (κ3) is 39.5. The number of allylic oxidation sites excluding steroid dienone is 16. The Kier molecular flexibility index (Phi) is 52.3. The van der Waals surface area contributed by atoms with Gasteiger partial charge in [0.1, 0.15) is 80.2 Å². The third-order valence-electron chi connectivity index (χ3n) is 28.2. The summed E-state index contributed by atoms with van der Waals surface area (Å²) in [7, 11) is 5.21. The first kappa shape index (κ1) is 119. The Labute approximate surface area is 855 Å². The molecule has 0 aromatic heterocycles. The van der Waals surface area contributed by atoms with E-state index in [2.05, 4.69) is 250 Å². The highest BCUT2D eigenvalue weighted by atomic mass is 16.5. The SMILES string of the molecule is C=C(C)[C@H]1CCC(C)=C[C@@H]1c1c(O)cc(CCCCC)cc1O.C=C(C)[C@H]1CCC(C)=C[C@@H]1c1c(OC)cc(CCCCC)cc1OC.CCCCCc1cc(O)c(C/C=C(\C)CCC=C(C)C)c(O)c1.CCCCCc1cc(O)c(C/C=C(\C)CCC=C(C)C)c(OC)c1.CCCCCc1cc(O)c2c(c1)OC(C)(C)c1ccc(C)cc1-2.CCCCCc1cc(O)c2c(c1)OC(C)(CCC=C(C)C)CC2. The van der Waals surface area contributed by atoms with Crippen molar-refractivity contribution in [2.24, 2.45) is 11.8 Å². The standard InChI is InChI=1S/C23H34O2.C22H34O2.C21H26O2.C21H32O2.C21H30O2.C21H32O2/c1-7-8-9-10-18-14-21(24-5)23(22(15-18)25-6)20-13-17(4)11-12-19(20)16(2)3;1-6-7-8-12-19-15-21(23)20(22(16-19)24-5)14-13-18(4)11-9-10-17(2)3;1-5-6-7-8-15-12-18(22)20-16-11-14(2)9-10-17(16)21(3,4)23-19(20)13-15;1-5-6-7-10-17-14-19(22)18-11-13-21(4,23-20(18)15-17)12-8-9-16(2)3;1-5-6-7-8-16-12-19(22)21(20(23)13-16)18-11-15(4)9-10-17(18)14(2)3;1-5-6-7-11-18-14-20(22)19(21(23)15-18)13-12-17(4)10-8-9-16(2)3/h13-15,19-20H,2,7-12H2,1,3-6H3;10,13,15-16,23H,6-9,11-12,14H2,1-5H3;9-13,22H,5-8H2,1-4H3;9,14-15,22H,5-8,10-13H2,1-4H3;11-13,17-18,22-23H,2,5-10H2,1,3-4H3;9,12,14-15,22-23H,5-8,10-11,13H2,1-4H3/b;18-13+;;;;17-12+/t19-,20+;;;;17-,18+;/m1...1./s1. The van der Waals surface area contributed by atoms with Crippen LogP contribution in [0.15, 0.2) is 197 Å². The highest BCUT2D eigenvalue weighted by Crippen LogP contribution is 2.53. The van der Waals surface area contributed by atoms with Crippen LogP contribution >= 0.6 is 0 Å². The van der Waals surface area contributed by atoms with E-state index in [-0.39, 0.29) is 52.0 Å². The predicted octanol–water partition coefficient (Wildman–Crippen LogP) is 36.4. The summed E-state index contributed by atoms with van der Waals surface area (Å²) >= 11 is 0. The number of fused-ring (bicyclic) bond motifs is 4. The summed E-state index contributed by atoms with van der Waals surface area (Å²) in [5.41, 5.74) is 26.7. The molecule has 0 radical (unpaired) electrons. The molecule has 4 aliphatic rings. The van der Waals surface area contributed by atoms with Gasteiger partial charge in [0.2, 0.25) is 0 Å². The molecule has 776 valence electrons. The molecule has 2 aliphatic heterocycles. The molecule has 0 bridgehead atoms. The molecule has 2 heterocycles. The highest BCUT2D eigenvalue weighted by Gasteiger charge is 2.37. The highest BCUT2D eigenvalue weighted by molar-refractivity contribution is 5.82. The summed E-state index contributed by atoms with van der Waals surface area (Å²) in [6.45, 7) is 55.6. The van der Waals surface area contributed by atoms with Crippen molar-refractivity contribution in [2.75, 3.05) is 21.3 Å². The number of benzene rings is 7. The summed E-state index contributed by atoms with van der Waals surface area (Å²) in [5, 5.41) is 72.8. The molecule has 7 aromatic carbocycles. The van der Waals surface area contributed by atoms with E-state index in [1.165, 1.54) is 157 Å². The Bertz CT molecular complexity index is 5230. The topological polar surface area (TPSA) is 188 Å². The van der Waals surface area contributed by atoms with E-state index in [0.29, 0.717) is 47.1 Å². The zero-order valence-corrected chi connectivity index (χ0v) is 92.5. The predicted molar refractivity (Wildman–Crippen MR) is 600 cm³/mol. The van der Waals surface area contributed by atoms with Gasteiger partial charge in [-0.15, -0.1) is 0 Å². The minimum Gasteiger partial charge on any atom is -0.508 e. The number of methoxy groups -OCH3 is 3. The van der Waals surface area contributed by atoms with Gasteiger partial charge in [0.05, 0.1) is 26.9 Å². The van der Waals surface area contributed by atoms with E-state index in [4.69, 9.17) is 23.7 Å². The lowest BCUT2D eigenvalue weighted by Crippen LogP contribution is -2.36. The number of unbranched alkanes of at least 4 members (excludes halogenated alkanes) is 12. The molecule has 0 amide bonds. The minimum absolute atomic E-state index is 0.0194. The maximum Gasteiger partial charge on any atom is 0.132 e. The first-order valence-electron chi connectivity index (χ1n) is 54.0. The second-order valence-electron chi connectivity index (χ2n) is 42.4. The van der Waals surface area contributed by atoms with Crippen molar-refractivity contribution in [3.8, 4) is 80.1 Å². The van der Waals surface area contributed by atoms with Gasteiger partial charge in [-0.3, -0.25) is 0 Å². The molecule has 0 saturated heterocycles. The Morgan fingerprint density at radius 2 is 0.752 bits per heavy atom. The second-order valence-corrected chi connectivity index (χ2v) is 42.4. The van der Waals surface area contributed by atoms with Gasteiger partial charge in [-0.2, -0.15) is 0 Å². The molecule has 7 N–H and O–H groups in total. The van der Waals surface area contributed by atoms with E-state index < -0.39 is 0 Å². The van der Waals surface area contributed by atoms with Crippen molar-refractivity contribution < 1.29 is 59.4 Å². The number of aromatic hydroxyl groups is 7. The molecule has 141 heavy (non-hydrogen) atoms. The molecular weight excluding hydrogens is 1740 g/mol. The van der Waals surface area contributed by atoms with Gasteiger partial charge in [0.15, 0.2) is 0 Å². The Morgan fingerprint density at radius 3 is 1.17 bits per heavy atom. The third-order valence-corrected chi connectivity index (χ3v) is 28.2. The van der Waals surface area contributed by atoms with E-state index in [1.54, 1.807) is 33.5 Å². The number of hydrogen-bond acceptors (Lipinski definition) is 12. The van der Waals surface area contributed by atoms with Gasteiger partial charge in [0.25, 0.3) is 0 Å². The van der Waals surface area contributed by atoms with Gasteiger partial charge in [0, 0.05) is 45.2 Å². The van der Waals surface area contributed by atoms with Gasteiger partial charge in [-0.05, 0) is 401 Å². The van der Waals surface area contributed by atoms with E-state index in [9.17, 15) is 35.7 Å². The lowest BCUT2D eigenvalue weighted by atomic mass is 9.73. The molecule has 5 atom stereocenters. The van der Waals surface area contributed by atoms with Crippen LogP contribution in [0.3, 0.4) is 0 Å². The summed E-state index contributed by atoms with van der Waals surface area (Å²) in [4.78, 5) is 0. The first-order chi connectivity index (χ1) is 67.2. The maximum atomic E-state index is 10.6. The van der Waals surface area contributed by atoms with Gasteiger partial charge >= 0.3 is 0 Å². The fourth-order valence-corrected chi connectivity index (χ4v) is 19.7. The Balaban J connectivity index is 0.000000259. The Morgan fingerprint density at radius 1 is 0.390 bits per heavy atom. The van der Waals surface area contributed by atoms with E-state index in [0.717, 1.165) is 226 Å². The fourth-order valence-electron chi connectivity index (χ4n) is 19.7. The monoisotopic (exact) mass is 1930 g/mol. The maximum absolute atomic E-state index is 10.6. The molecule has 0 fully saturated rings. The van der Waals surface area contributed by atoms with Gasteiger partial charge in [-0.25, -0.2) is 0 Å². The van der Waals surface area contributed by atoms with Crippen LogP contribution in [0.1, 0.15) is 416 Å². The van der Waals surface area contributed by atoms with Crippen molar-refractivity contribution in [3.63, 3.8) is 0 Å². The van der Waals surface area contributed by atoms with Crippen molar-refractivity contribution in [1.82, 2.24) is 0 Å². The number of ether oxygens (including phenoxy) is 5. The van der Waals surface area contributed by atoms with Crippen LogP contribution in [-0.4, -0.2) is 62.7 Å². The molecule has 0 spiro atoms. The van der Waals surface area contributed by atoms with Gasteiger partial charge in [-0.1, -0.05) is 248 Å². The Hall–Kier alpha value is -10.2. The molecule has 11 rings (SSSR count). The van der Waals surface area contributed by atoms with E-state index >= 15 is 0 Å². The van der Waals surface area contributed by atoms with Crippen LogP contribution in [0.25, 0.3) is 11.1 Å². The minimum atomic E-state index is -0.384. The van der Waals surface area contributed by atoms with Crippen LogP contribution in [0, 0.1) is 18.8 Å². The zero-order valence-electron chi connectivity index (χ0n) is 92.5. The van der Waals surface area contributed by atoms with Crippen LogP contribution < -0.4 is 23.7 Å². The molecule has 1 unspecified atom stereocenters. The smallest absolute Gasteiger partial charge is 0.132 e. The van der Waals surface area contributed by atoms with Crippen LogP contribution in [0.5, 0.6) is 69.0 Å². The van der Waals surface area contributed by atoms with E-state index in [1.807, 2.05) is 37.3 Å². The second kappa shape index (κ2) is 61.7. The summed E-state index contributed by atoms with van der Waals surface area (Å²) in [6, 6.07) is 30.1. The van der Waals surface area contributed by atoms with Crippen molar-refractivity contribution in [1.29, 1.82) is 0 Å². The molecule has 0 saturated carbocycles. The van der Waals surface area contributed by atoms with Crippen molar-refractivity contribution in [3.05, 3.63) is 269 Å². The summed E-state index contributed by atoms with van der Waals surface area (Å²) in [5.74, 6) is 7.40. The number of phenolic OH excluding ortho intramolecular Hbond substituents is 7. The van der Waals surface area contributed by atoms with Gasteiger partial charge < -0.3 is 59.4 Å². The normalized spacial score (nSPS) is 16.5. The fraction of sp³-hybridized carbons (Fsp3) is 0.535. The lowest BCUT2D eigenvalue weighted by molar-refractivity contribution is 0.0563. The number of rotatable bonds is 44. The molecule has 2 aliphatic carbocycles. The quantitative estimate of drug-likeness (QED) is 0.0142. The first-order valence-corrected chi connectivity index (χ1v) is 54.0. The van der Waals surface area contributed by atoms with Crippen LogP contribution in [0.2, 0.25) is 0 Å². The summed E-state index contributed by atoms with van der Waals surface area (Å²) < 4.78 is 29.7. The number of aryl methyl sites for hydroxylation is 7. The van der Waals surface area contributed by atoms with Crippen LogP contribution in [-0.2, 0) is 63.4 Å². The van der Waals surface area contributed by atoms with Crippen molar-refractivity contribution in [2.45, 2.75) is 419 Å². The van der Waals surface area contributed by atoms with Crippen molar-refractivity contribution >= 4 is 0 Å². The molecule has 12 heteroatoms. The number of hydrogen-bond donors (Lipinski definition) is 7. The number of phenols is 7. The summed E-state index contributed by atoms with van der Waals surface area (Å²) in [6.07, 6.45) is 56.7. The average Bonchev–Trinajstić information content (AvgIpc) is 0.739.